The summed E-state index contributed by atoms with van der Waals surface area (Å²) >= 11 is 0. The van der Waals surface area contributed by atoms with Gasteiger partial charge in [0.1, 0.15) is 5.75 Å². The molecule has 0 bridgehead atoms. The van der Waals surface area contributed by atoms with Gasteiger partial charge in [-0.1, -0.05) is 32.8 Å². The Labute approximate surface area is 117 Å². The van der Waals surface area contributed by atoms with E-state index in [0.717, 1.165) is 31.1 Å². The Kier molecular flexibility index (Phi) is 7.34. The summed E-state index contributed by atoms with van der Waals surface area (Å²) in [6.07, 6.45) is 4.97. The van der Waals surface area contributed by atoms with Gasteiger partial charge < -0.3 is 10.5 Å². The lowest BCUT2D eigenvalue weighted by Crippen LogP contribution is -2.26. The fraction of sp³-hybridized carbons (Fsp3) is 0.625. The molecule has 0 spiro atoms. The van der Waals surface area contributed by atoms with E-state index in [-0.39, 0.29) is 0 Å². The summed E-state index contributed by atoms with van der Waals surface area (Å²) in [5.74, 6) is 0.829. The Morgan fingerprint density at radius 3 is 2.21 bits per heavy atom. The summed E-state index contributed by atoms with van der Waals surface area (Å²) in [6.45, 7) is 7.72. The lowest BCUT2D eigenvalue weighted by atomic mass is 10.1. The van der Waals surface area contributed by atoms with Crippen molar-refractivity contribution in [2.45, 2.75) is 46.1 Å². The van der Waals surface area contributed by atoms with Crippen molar-refractivity contribution in [3.63, 3.8) is 0 Å². The molecular weight excluding hydrogens is 236 g/mol. The molecule has 0 unspecified atom stereocenters. The molecule has 19 heavy (non-hydrogen) atoms. The number of nitrogens with two attached hydrogens (primary N) is 1. The van der Waals surface area contributed by atoms with E-state index in [2.05, 4.69) is 24.8 Å². The fourth-order valence-corrected chi connectivity index (χ4v) is 2.12. The van der Waals surface area contributed by atoms with Crippen molar-refractivity contribution < 1.29 is 4.74 Å². The summed E-state index contributed by atoms with van der Waals surface area (Å²) in [4.78, 5) is 2.51. The third-order valence-corrected chi connectivity index (χ3v) is 3.40. The van der Waals surface area contributed by atoms with Crippen LogP contribution in [0.2, 0.25) is 0 Å². The first-order chi connectivity index (χ1) is 9.21. The lowest BCUT2D eigenvalue weighted by molar-refractivity contribution is 0.257. The first-order valence-electron chi connectivity index (χ1n) is 7.36. The number of nitrogen functional groups attached to an aromatic ring is 1. The second-order valence-electron chi connectivity index (χ2n) is 5.05. The Balaban J connectivity index is 2.65. The number of benzene rings is 1. The lowest BCUT2D eigenvalue weighted by Gasteiger charge is -2.23. The van der Waals surface area contributed by atoms with Crippen LogP contribution in [0.3, 0.4) is 0 Å². The van der Waals surface area contributed by atoms with Crippen LogP contribution in [0.4, 0.5) is 5.69 Å². The Bertz CT molecular complexity index is 358. The van der Waals surface area contributed by atoms with Crippen molar-refractivity contribution in [3.05, 3.63) is 23.8 Å². The van der Waals surface area contributed by atoms with Crippen LogP contribution in [0.1, 0.15) is 45.1 Å². The topological polar surface area (TPSA) is 38.5 Å². The van der Waals surface area contributed by atoms with Gasteiger partial charge in [-0.25, -0.2) is 0 Å². The highest BCUT2D eigenvalue weighted by Gasteiger charge is 2.08. The molecule has 3 heteroatoms. The van der Waals surface area contributed by atoms with Crippen molar-refractivity contribution in [3.8, 4) is 5.75 Å². The summed E-state index contributed by atoms with van der Waals surface area (Å²) in [5.41, 5.74) is 8.13. The van der Waals surface area contributed by atoms with Gasteiger partial charge in [0.2, 0.25) is 0 Å². The summed E-state index contributed by atoms with van der Waals surface area (Å²) in [7, 11) is 1.67. The Hall–Kier alpha value is -1.22. The third-order valence-electron chi connectivity index (χ3n) is 3.40. The molecule has 0 aliphatic carbocycles. The highest BCUT2D eigenvalue weighted by molar-refractivity contribution is 5.51. The zero-order chi connectivity index (χ0) is 14.1. The number of ether oxygens (including phenoxy) is 1. The molecule has 3 nitrogen and oxygen atoms in total. The average molecular weight is 264 g/mol. The fourth-order valence-electron chi connectivity index (χ4n) is 2.12. The summed E-state index contributed by atoms with van der Waals surface area (Å²) < 4.78 is 5.19. The van der Waals surface area contributed by atoms with E-state index in [4.69, 9.17) is 10.5 Å². The van der Waals surface area contributed by atoms with Gasteiger partial charge in [-0.05, 0) is 37.6 Å². The van der Waals surface area contributed by atoms with E-state index >= 15 is 0 Å². The second-order valence-corrected chi connectivity index (χ2v) is 5.05. The van der Waals surface area contributed by atoms with E-state index in [1.54, 1.807) is 7.11 Å². The van der Waals surface area contributed by atoms with Crippen LogP contribution in [-0.4, -0.2) is 25.1 Å². The predicted molar refractivity (Wildman–Crippen MR) is 82.5 cm³/mol. The van der Waals surface area contributed by atoms with E-state index in [9.17, 15) is 0 Å². The predicted octanol–water partition coefficient (Wildman–Crippen LogP) is 3.68. The van der Waals surface area contributed by atoms with E-state index < -0.39 is 0 Å². The maximum Gasteiger partial charge on any atom is 0.120 e. The summed E-state index contributed by atoms with van der Waals surface area (Å²) in [5, 5.41) is 0. The highest BCUT2D eigenvalue weighted by Crippen LogP contribution is 2.21. The SMILES string of the molecule is CCCCN(CCCC)Cc1ccc(OC)cc1N. The molecule has 0 atom stereocenters. The quantitative estimate of drug-likeness (QED) is 0.691. The number of anilines is 1. The van der Waals surface area contributed by atoms with Crippen LogP contribution >= 0.6 is 0 Å². The Morgan fingerprint density at radius 2 is 1.74 bits per heavy atom. The van der Waals surface area contributed by atoms with Gasteiger partial charge in [0, 0.05) is 18.3 Å². The number of rotatable bonds is 9. The third kappa shape index (κ3) is 5.52. The van der Waals surface area contributed by atoms with Crippen molar-refractivity contribution in [2.24, 2.45) is 0 Å². The zero-order valence-corrected chi connectivity index (χ0v) is 12.6. The van der Waals surface area contributed by atoms with Crippen LogP contribution in [0.5, 0.6) is 5.75 Å². The zero-order valence-electron chi connectivity index (χ0n) is 12.6. The number of unbranched alkanes of at least 4 members (excludes halogenated alkanes) is 2. The normalized spacial score (nSPS) is 10.9. The van der Waals surface area contributed by atoms with Crippen LogP contribution in [0, 0.1) is 0 Å². The van der Waals surface area contributed by atoms with Crippen molar-refractivity contribution in [2.75, 3.05) is 25.9 Å². The molecule has 1 rings (SSSR count). The van der Waals surface area contributed by atoms with Gasteiger partial charge >= 0.3 is 0 Å². The molecule has 0 aromatic heterocycles. The van der Waals surface area contributed by atoms with Gasteiger partial charge in [0.25, 0.3) is 0 Å². The number of hydrogen-bond donors (Lipinski definition) is 1. The standard InChI is InChI=1S/C16H28N2O/c1-4-6-10-18(11-7-5-2)13-14-8-9-15(19-3)12-16(14)17/h8-9,12H,4-7,10-11,13,17H2,1-3H3. The average Bonchev–Trinajstić information content (AvgIpc) is 2.43. The van der Waals surface area contributed by atoms with Crippen LogP contribution < -0.4 is 10.5 Å². The maximum absolute atomic E-state index is 6.10. The molecule has 0 saturated carbocycles. The van der Waals surface area contributed by atoms with Gasteiger partial charge in [0.05, 0.1) is 7.11 Å². The minimum absolute atomic E-state index is 0.829. The van der Waals surface area contributed by atoms with Crippen LogP contribution in [-0.2, 0) is 6.54 Å². The number of methoxy groups -OCH3 is 1. The minimum atomic E-state index is 0.829. The van der Waals surface area contributed by atoms with Gasteiger partial charge in [-0.15, -0.1) is 0 Å². The molecule has 1 aromatic carbocycles. The summed E-state index contributed by atoms with van der Waals surface area (Å²) in [6, 6.07) is 5.98. The molecule has 0 amide bonds. The molecule has 108 valence electrons. The van der Waals surface area contributed by atoms with Gasteiger partial charge in [-0.2, -0.15) is 0 Å². The van der Waals surface area contributed by atoms with E-state index in [0.29, 0.717) is 0 Å². The second kappa shape index (κ2) is 8.81. The highest BCUT2D eigenvalue weighted by atomic mass is 16.5. The van der Waals surface area contributed by atoms with Crippen LogP contribution in [0.25, 0.3) is 0 Å². The van der Waals surface area contributed by atoms with Gasteiger partial charge in [-0.3, -0.25) is 4.90 Å². The first-order valence-corrected chi connectivity index (χ1v) is 7.36. The molecule has 0 fully saturated rings. The molecule has 0 aliphatic heterocycles. The van der Waals surface area contributed by atoms with Crippen molar-refractivity contribution in [1.82, 2.24) is 4.90 Å². The van der Waals surface area contributed by atoms with E-state index in [1.807, 2.05) is 12.1 Å². The Morgan fingerprint density at radius 1 is 1.11 bits per heavy atom. The first kappa shape index (κ1) is 15.8. The molecule has 1 aromatic rings. The molecule has 0 heterocycles. The molecule has 0 saturated heterocycles. The molecule has 0 aliphatic rings. The largest absolute Gasteiger partial charge is 0.497 e. The van der Waals surface area contributed by atoms with Crippen molar-refractivity contribution >= 4 is 5.69 Å². The smallest absolute Gasteiger partial charge is 0.120 e. The maximum atomic E-state index is 6.10. The van der Waals surface area contributed by atoms with Crippen LogP contribution in [0.15, 0.2) is 18.2 Å². The van der Waals surface area contributed by atoms with E-state index in [1.165, 1.54) is 31.2 Å². The monoisotopic (exact) mass is 264 g/mol. The van der Waals surface area contributed by atoms with Gasteiger partial charge in [0.15, 0.2) is 0 Å². The molecule has 2 N–H and O–H groups in total. The number of nitrogens with zero attached hydrogens (tertiary/aromatic N) is 1. The molecule has 0 radical (unpaired) electrons. The van der Waals surface area contributed by atoms with Crippen molar-refractivity contribution in [1.29, 1.82) is 0 Å². The molecular formula is C16H28N2O. The minimum Gasteiger partial charge on any atom is -0.497 e. The number of hydrogen-bond acceptors (Lipinski definition) is 3.